The summed E-state index contributed by atoms with van der Waals surface area (Å²) in [6.07, 6.45) is 0. The van der Waals surface area contributed by atoms with Gasteiger partial charge in [0.1, 0.15) is 23.9 Å². The second kappa shape index (κ2) is 5.82. The van der Waals surface area contributed by atoms with Gasteiger partial charge in [0.15, 0.2) is 0 Å². The van der Waals surface area contributed by atoms with Crippen LogP contribution in [-0.4, -0.2) is 17.5 Å². The fourth-order valence-electron chi connectivity index (χ4n) is 1.48. The predicted molar refractivity (Wildman–Crippen MR) is 66.7 cm³/mol. The van der Waals surface area contributed by atoms with Gasteiger partial charge >= 0.3 is 0 Å². The SMILES string of the molecule is O/N=C(\COc1ccccc1)c1ccc(F)cc1. The van der Waals surface area contributed by atoms with Crippen molar-refractivity contribution in [2.24, 2.45) is 5.16 Å². The van der Waals surface area contributed by atoms with E-state index in [0.29, 0.717) is 17.0 Å². The summed E-state index contributed by atoms with van der Waals surface area (Å²) in [6, 6.07) is 14.9. The van der Waals surface area contributed by atoms with Gasteiger partial charge in [0.25, 0.3) is 0 Å². The van der Waals surface area contributed by atoms with Gasteiger partial charge in [0.2, 0.25) is 0 Å². The number of oxime groups is 1. The van der Waals surface area contributed by atoms with E-state index in [0.717, 1.165) is 0 Å². The van der Waals surface area contributed by atoms with E-state index < -0.39 is 0 Å². The highest BCUT2D eigenvalue weighted by molar-refractivity contribution is 6.01. The van der Waals surface area contributed by atoms with Crippen LogP contribution in [0.1, 0.15) is 5.56 Å². The summed E-state index contributed by atoms with van der Waals surface area (Å²) in [6.45, 7) is 0.117. The topological polar surface area (TPSA) is 41.8 Å². The number of hydrogen-bond acceptors (Lipinski definition) is 3. The molecule has 0 atom stereocenters. The van der Waals surface area contributed by atoms with Crippen molar-refractivity contribution in [3.63, 3.8) is 0 Å². The molecule has 0 heterocycles. The Bertz CT molecular complexity index is 523. The van der Waals surface area contributed by atoms with E-state index in [1.807, 2.05) is 18.2 Å². The van der Waals surface area contributed by atoms with Crippen molar-refractivity contribution < 1.29 is 14.3 Å². The normalized spacial score (nSPS) is 11.3. The Labute approximate surface area is 104 Å². The number of nitrogens with zero attached hydrogens (tertiary/aromatic N) is 1. The number of hydrogen-bond donors (Lipinski definition) is 1. The Hall–Kier alpha value is -2.36. The molecule has 0 aliphatic rings. The van der Waals surface area contributed by atoms with Crippen molar-refractivity contribution >= 4 is 5.71 Å². The predicted octanol–water partition coefficient (Wildman–Crippen LogP) is 3.08. The molecule has 1 N–H and O–H groups in total. The molecule has 3 nitrogen and oxygen atoms in total. The molecule has 0 fully saturated rings. The average Bonchev–Trinajstić information content (AvgIpc) is 2.42. The summed E-state index contributed by atoms with van der Waals surface area (Å²) in [5.74, 6) is 0.348. The molecule has 0 amide bonds. The van der Waals surface area contributed by atoms with E-state index in [1.54, 1.807) is 24.3 Å². The van der Waals surface area contributed by atoms with Gasteiger partial charge in [0.05, 0.1) is 0 Å². The third kappa shape index (κ3) is 3.07. The summed E-state index contributed by atoms with van der Waals surface area (Å²) in [4.78, 5) is 0. The monoisotopic (exact) mass is 245 g/mol. The van der Waals surface area contributed by atoms with Crippen LogP contribution in [0.15, 0.2) is 59.8 Å². The van der Waals surface area contributed by atoms with Crippen molar-refractivity contribution in [2.45, 2.75) is 0 Å². The molecule has 0 unspecified atom stereocenters. The largest absolute Gasteiger partial charge is 0.487 e. The van der Waals surface area contributed by atoms with Crippen LogP contribution in [0, 0.1) is 5.82 Å². The first-order valence-corrected chi connectivity index (χ1v) is 5.44. The lowest BCUT2D eigenvalue weighted by Crippen LogP contribution is -2.13. The molecule has 0 bridgehead atoms. The van der Waals surface area contributed by atoms with Crippen LogP contribution in [0.4, 0.5) is 4.39 Å². The van der Waals surface area contributed by atoms with Gasteiger partial charge in [-0.05, 0) is 36.4 Å². The molecule has 0 aliphatic carbocycles. The third-order valence-electron chi connectivity index (χ3n) is 2.42. The zero-order valence-electron chi connectivity index (χ0n) is 9.58. The zero-order chi connectivity index (χ0) is 12.8. The molecule has 0 saturated heterocycles. The van der Waals surface area contributed by atoms with Gasteiger partial charge in [-0.15, -0.1) is 0 Å². The first kappa shape index (κ1) is 12.1. The number of halogens is 1. The number of benzene rings is 2. The maximum Gasteiger partial charge on any atom is 0.134 e. The van der Waals surface area contributed by atoms with Crippen LogP contribution in [0.3, 0.4) is 0 Å². The molecule has 18 heavy (non-hydrogen) atoms. The molecule has 92 valence electrons. The van der Waals surface area contributed by atoms with Crippen LogP contribution < -0.4 is 4.74 Å². The highest BCUT2D eigenvalue weighted by atomic mass is 19.1. The Balaban J connectivity index is 2.05. The summed E-state index contributed by atoms with van der Waals surface area (Å²) < 4.78 is 18.2. The van der Waals surface area contributed by atoms with Crippen LogP contribution >= 0.6 is 0 Å². The van der Waals surface area contributed by atoms with Gasteiger partial charge < -0.3 is 9.94 Å². The molecular weight excluding hydrogens is 233 g/mol. The van der Waals surface area contributed by atoms with E-state index in [4.69, 9.17) is 9.94 Å². The zero-order valence-corrected chi connectivity index (χ0v) is 9.58. The fourth-order valence-corrected chi connectivity index (χ4v) is 1.48. The minimum absolute atomic E-state index is 0.117. The lowest BCUT2D eigenvalue weighted by Gasteiger charge is -2.07. The molecule has 2 aromatic carbocycles. The van der Waals surface area contributed by atoms with E-state index in [2.05, 4.69) is 5.16 Å². The minimum Gasteiger partial charge on any atom is -0.487 e. The lowest BCUT2D eigenvalue weighted by atomic mass is 10.1. The lowest BCUT2D eigenvalue weighted by molar-refractivity contribution is 0.308. The first-order valence-electron chi connectivity index (χ1n) is 5.44. The van der Waals surface area contributed by atoms with Crippen LogP contribution in [0.5, 0.6) is 5.75 Å². The van der Waals surface area contributed by atoms with Crippen molar-refractivity contribution in [1.29, 1.82) is 0 Å². The molecule has 0 spiro atoms. The third-order valence-corrected chi connectivity index (χ3v) is 2.42. The van der Waals surface area contributed by atoms with Gasteiger partial charge in [-0.2, -0.15) is 0 Å². The number of ether oxygens (including phenoxy) is 1. The van der Waals surface area contributed by atoms with Gasteiger partial charge in [-0.3, -0.25) is 0 Å². The second-order valence-electron chi connectivity index (χ2n) is 3.66. The molecule has 0 saturated carbocycles. The Kier molecular flexibility index (Phi) is 3.91. The second-order valence-corrected chi connectivity index (χ2v) is 3.66. The molecule has 4 heteroatoms. The van der Waals surface area contributed by atoms with E-state index >= 15 is 0 Å². The number of rotatable bonds is 4. The Morgan fingerprint density at radius 1 is 1.06 bits per heavy atom. The van der Waals surface area contributed by atoms with Crippen molar-refractivity contribution in [2.75, 3.05) is 6.61 Å². The van der Waals surface area contributed by atoms with Crippen LogP contribution in [-0.2, 0) is 0 Å². The van der Waals surface area contributed by atoms with Crippen LogP contribution in [0.25, 0.3) is 0 Å². The minimum atomic E-state index is -0.333. The van der Waals surface area contributed by atoms with E-state index in [-0.39, 0.29) is 12.4 Å². The summed E-state index contributed by atoms with van der Waals surface area (Å²) in [7, 11) is 0. The number of para-hydroxylation sites is 1. The van der Waals surface area contributed by atoms with E-state index in [9.17, 15) is 4.39 Å². The molecule has 2 aromatic rings. The maximum atomic E-state index is 12.8. The quantitative estimate of drug-likeness (QED) is 0.511. The average molecular weight is 245 g/mol. The standard InChI is InChI=1S/C14H12FNO2/c15-12-8-6-11(7-9-12)14(16-17)10-18-13-4-2-1-3-5-13/h1-9,17H,10H2/b16-14+. The van der Waals surface area contributed by atoms with Crippen molar-refractivity contribution in [3.05, 3.63) is 66.0 Å². The maximum absolute atomic E-state index is 12.8. The summed E-state index contributed by atoms with van der Waals surface area (Å²) >= 11 is 0. The van der Waals surface area contributed by atoms with Crippen LogP contribution in [0.2, 0.25) is 0 Å². The molecule has 2 rings (SSSR count). The first-order chi connectivity index (χ1) is 8.79. The smallest absolute Gasteiger partial charge is 0.134 e. The van der Waals surface area contributed by atoms with Gasteiger partial charge in [-0.25, -0.2) is 4.39 Å². The van der Waals surface area contributed by atoms with Crippen molar-refractivity contribution in [1.82, 2.24) is 0 Å². The highest BCUT2D eigenvalue weighted by Gasteiger charge is 2.05. The molecular formula is C14H12FNO2. The van der Waals surface area contributed by atoms with Gasteiger partial charge in [-0.1, -0.05) is 23.4 Å². The van der Waals surface area contributed by atoms with Crippen molar-refractivity contribution in [3.8, 4) is 5.75 Å². The molecule has 0 radical (unpaired) electrons. The van der Waals surface area contributed by atoms with E-state index in [1.165, 1.54) is 12.1 Å². The summed E-state index contributed by atoms with van der Waals surface area (Å²) in [5.41, 5.74) is 0.966. The molecule has 0 aliphatic heterocycles. The fraction of sp³-hybridized carbons (Fsp3) is 0.0714. The van der Waals surface area contributed by atoms with Gasteiger partial charge in [0, 0.05) is 5.56 Å². The summed E-state index contributed by atoms with van der Waals surface area (Å²) in [5, 5.41) is 12.1. The highest BCUT2D eigenvalue weighted by Crippen LogP contribution is 2.10. The Morgan fingerprint density at radius 2 is 1.72 bits per heavy atom. The molecule has 0 aromatic heterocycles. The Morgan fingerprint density at radius 3 is 2.33 bits per heavy atom.